The Morgan fingerprint density at radius 1 is 1.63 bits per heavy atom. The number of carboxylic acid groups (broad SMARTS) is 1. The van der Waals surface area contributed by atoms with Crippen LogP contribution in [-0.4, -0.2) is 28.8 Å². The van der Waals surface area contributed by atoms with Gasteiger partial charge in [0.05, 0.1) is 11.6 Å². The van der Waals surface area contributed by atoms with Crippen LogP contribution in [0.15, 0.2) is 12.7 Å². The number of aliphatic carboxylic acids is 1. The van der Waals surface area contributed by atoms with Gasteiger partial charge in [0.1, 0.15) is 6.61 Å². The molecular weight excluding hydrogens is 268 g/mol. The number of aromatic nitrogens is 1. The Morgan fingerprint density at radius 3 is 3.11 bits per heavy atom. The number of carboxylic acids is 1. The Hall–Kier alpha value is -1.89. The van der Waals surface area contributed by atoms with E-state index in [1.807, 2.05) is 0 Å². The van der Waals surface area contributed by atoms with Crippen molar-refractivity contribution in [2.75, 3.05) is 11.9 Å². The lowest BCUT2D eigenvalue weighted by molar-refractivity contribution is -0.142. The molecule has 2 N–H and O–H groups in total. The van der Waals surface area contributed by atoms with Gasteiger partial charge in [0.2, 0.25) is 0 Å². The Balaban J connectivity index is 2.01. The first-order valence-electron chi connectivity index (χ1n) is 5.86. The van der Waals surface area contributed by atoms with Gasteiger partial charge in [-0.1, -0.05) is 12.7 Å². The smallest absolute Gasteiger partial charge is 0.413 e. The number of fused-ring (bicyclic) bond motifs is 1. The highest BCUT2D eigenvalue weighted by molar-refractivity contribution is 7.15. The second-order valence-electron chi connectivity index (χ2n) is 4.18. The number of thiazole rings is 1. The predicted molar refractivity (Wildman–Crippen MR) is 70.4 cm³/mol. The third-order valence-electron chi connectivity index (χ3n) is 2.83. The topological polar surface area (TPSA) is 88.5 Å². The molecular formula is C12H14N2O4S. The maximum Gasteiger partial charge on any atom is 0.413 e. The Kier molecular flexibility index (Phi) is 4.16. The van der Waals surface area contributed by atoms with Gasteiger partial charge in [-0.2, -0.15) is 0 Å². The normalized spacial score (nSPS) is 17.4. The van der Waals surface area contributed by atoms with Gasteiger partial charge in [-0.15, -0.1) is 11.3 Å². The number of nitrogens with one attached hydrogen (secondary N) is 1. The average molecular weight is 282 g/mol. The molecule has 19 heavy (non-hydrogen) atoms. The minimum atomic E-state index is -0.793. The molecule has 1 amide bonds. The minimum Gasteiger partial charge on any atom is -0.481 e. The van der Waals surface area contributed by atoms with E-state index in [0.29, 0.717) is 24.4 Å². The molecule has 6 nitrogen and oxygen atoms in total. The summed E-state index contributed by atoms with van der Waals surface area (Å²) in [6.07, 6.45) is 2.62. The van der Waals surface area contributed by atoms with Crippen LogP contribution in [0.2, 0.25) is 0 Å². The van der Waals surface area contributed by atoms with Crippen LogP contribution in [0, 0.1) is 5.92 Å². The molecule has 0 aliphatic heterocycles. The highest BCUT2D eigenvalue weighted by Gasteiger charge is 2.27. The van der Waals surface area contributed by atoms with Gasteiger partial charge >= 0.3 is 12.1 Å². The number of amides is 1. The lowest BCUT2D eigenvalue weighted by atomic mass is 9.91. The molecule has 1 aliphatic carbocycles. The largest absolute Gasteiger partial charge is 0.481 e. The number of rotatable bonds is 4. The van der Waals surface area contributed by atoms with Crippen LogP contribution in [0.25, 0.3) is 0 Å². The van der Waals surface area contributed by atoms with Crippen molar-refractivity contribution in [3.63, 3.8) is 0 Å². The number of anilines is 1. The van der Waals surface area contributed by atoms with Crippen LogP contribution < -0.4 is 5.32 Å². The third kappa shape index (κ3) is 3.31. The van der Waals surface area contributed by atoms with E-state index in [4.69, 9.17) is 9.84 Å². The molecule has 1 atom stereocenters. The van der Waals surface area contributed by atoms with Crippen molar-refractivity contribution in [1.29, 1.82) is 0 Å². The van der Waals surface area contributed by atoms with E-state index < -0.39 is 12.1 Å². The van der Waals surface area contributed by atoms with E-state index in [-0.39, 0.29) is 12.5 Å². The molecule has 1 aromatic rings. The zero-order chi connectivity index (χ0) is 13.8. The van der Waals surface area contributed by atoms with Crippen LogP contribution in [0.5, 0.6) is 0 Å². The van der Waals surface area contributed by atoms with Crippen LogP contribution in [0.1, 0.15) is 17.0 Å². The maximum atomic E-state index is 11.3. The molecule has 0 radical (unpaired) electrons. The van der Waals surface area contributed by atoms with Crippen molar-refractivity contribution < 1.29 is 19.4 Å². The molecule has 102 valence electrons. The summed E-state index contributed by atoms with van der Waals surface area (Å²) in [5, 5.41) is 12.0. The van der Waals surface area contributed by atoms with Crippen molar-refractivity contribution in [1.82, 2.24) is 4.98 Å². The van der Waals surface area contributed by atoms with Gasteiger partial charge in [-0.05, 0) is 12.8 Å². The quantitative estimate of drug-likeness (QED) is 0.825. The second-order valence-corrected chi connectivity index (χ2v) is 5.26. The van der Waals surface area contributed by atoms with E-state index >= 15 is 0 Å². The number of aryl methyl sites for hydroxylation is 1. The van der Waals surface area contributed by atoms with Crippen LogP contribution in [0.3, 0.4) is 0 Å². The van der Waals surface area contributed by atoms with Crippen LogP contribution in [0.4, 0.5) is 9.93 Å². The van der Waals surface area contributed by atoms with Gasteiger partial charge < -0.3 is 9.84 Å². The highest BCUT2D eigenvalue weighted by atomic mass is 32.1. The first-order valence-corrected chi connectivity index (χ1v) is 6.68. The Morgan fingerprint density at radius 2 is 2.42 bits per heavy atom. The summed E-state index contributed by atoms with van der Waals surface area (Å²) < 4.78 is 4.79. The minimum absolute atomic E-state index is 0.137. The molecule has 0 spiro atoms. The van der Waals surface area contributed by atoms with E-state index in [0.717, 1.165) is 10.6 Å². The standard InChI is InChI=1S/C12H14N2O4S/c1-2-5-18-12(17)14-11-13-8-6-7(10(15)16)3-4-9(8)19-11/h2,7H,1,3-6H2,(H,15,16)(H,13,14,17). The van der Waals surface area contributed by atoms with Gasteiger partial charge in [0, 0.05) is 11.3 Å². The van der Waals surface area contributed by atoms with Crippen LogP contribution >= 0.6 is 11.3 Å². The van der Waals surface area contributed by atoms with Crippen LogP contribution in [-0.2, 0) is 22.4 Å². The third-order valence-corrected chi connectivity index (χ3v) is 3.90. The Labute approximate surface area is 114 Å². The summed E-state index contributed by atoms with van der Waals surface area (Å²) in [6.45, 7) is 3.58. The van der Waals surface area contributed by atoms with Gasteiger partial charge in [0.25, 0.3) is 0 Å². The summed E-state index contributed by atoms with van der Waals surface area (Å²) in [5.41, 5.74) is 0.766. The SMILES string of the molecule is C=CCOC(=O)Nc1nc2c(s1)CCC(C(=O)O)C2. The van der Waals surface area contributed by atoms with E-state index in [1.165, 1.54) is 17.4 Å². The molecule has 0 saturated heterocycles. The zero-order valence-corrected chi connectivity index (χ0v) is 11.0. The second kappa shape index (κ2) is 5.83. The molecule has 1 aromatic heterocycles. The fraction of sp³-hybridized carbons (Fsp3) is 0.417. The number of carbonyl (C=O) groups excluding carboxylic acids is 1. The first-order chi connectivity index (χ1) is 9.10. The summed E-state index contributed by atoms with van der Waals surface area (Å²) >= 11 is 1.37. The van der Waals surface area contributed by atoms with Crippen molar-refractivity contribution >= 4 is 28.5 Å². The number of ether oxygens (including phenoxy) is 1. The monoisotopic (exact) mass is 282 g/mol. The zero-order valence-electron chi connectivity index (χ0n) is 10.2. The lowest BCUT2D eigenvalue weighted by Gasteiger charge is -2.16. The van der Waals surface area contributed by atoms with Gasteiger partial charge in [-0.25, -0.2) is 9.78 Å². The Bertz CT molecular complexity index is 512. The van der Waals surface area contributed by atoms with Gasteiger partial charge in [0.15, 0.2) is 5.13 Å². The summed E-state index contributed by atoms with van der Waals surface area (Å²) in [5.74, 6) is -1.17. The molecule has 0 saturated carbocycles. The lowest BCUT2D eigenvalue weighted by Crippen LogP contribution is -2.21. The van der Waals surface area contributed by atoms with E-state index in [9.17, 15) is 9.59 Å². The van der Waals surface area contributed by atoms with Crippen molar-refractivity contribution in [3.8, 4) is 0 Å². The fourth-order valence-corrected chi connectivity index (χ4v) is 2.89. The highest BCUT2D eigenvalue weighted by Crippen LogP contribution is 2.32. The molecule has 0 bridgehead atoms. The number of carbonyl (C=O) groups is 2. The van der Waals surface area contributed by atoms with E-state index in [2.05, 4.69) is 16.9 Å². The summed E-state index contributed by atoms with van der Waals surface area (Å²) in [6, 6.07) is 0. The number of hydrogen-bond acceptors (Lipinski definition) is 5. The van der Waals surface area contributed by atoms with E-state index in [1.54, 1.807) is 0 Å². The molecule has 1 aliphatic rings. The van der Waals surface area contributed by atoms with Crippen molar-refractivity contribution in [3.05, 3.63) is 23.2 Å². The average Bonchev–Trinajstić information content (AvgIpc) is 2.77. The molecule has 1 unspecified atom stereocenters. The molecule has 7 heteroatoms. The maximum absolute atomic E-state index is 11.3. The number of hydrogen-bond donors (Lipinski definition) is 2. The number of nitrogens with zero attached hydrogens (tertiary/aromatic N) is 1. The fourth-order valence-electron chi connectivity index (χ4n) is 1.90. The summed E-state index contributed by atoms with van der Waals surface area (Å²) in [7, 11) is 0. The summed E-state index contributed by atoms with van der Waals surface area (Å²) in [4.78, 5) is 27.6. The molecule has 0 fully saturated rings. The molecule has 1 heterocycles. The van der Waals surface area contributed by atoms with Crippen molar-refractivity contribution in [2.24, 2.45) is 5.92 Å². The molecule has 0 aromatic carbocycles. The molecule has 2 rings (SSSR count). The van der Waals surface area contributed by atoms with Gasteiger partial charge in [-0.3, -0.25) is 10.1 Å². The predicted octanol–water partition coefficient (Wildman–Crippen LogP) is 2.07. The first kappa shape index (κ1) is 13.5. The van der Waals surface area contributed by atoms with Crippen molar-refractivity contribution in [2.45, 2.75) is 19.3 Å².